The largest absolute Gasteiger partial charge is 0.324 e. The number of amides is 2. The van der Waals surface area contributed by atoms with E-state index in [9.17, 15) is 9.59 Å². The molecule has 0 aromatic carbocycles. The number of thiophene rings is 1. The standard InChI is InChI=1S/C12H10N4O2S2/c1-7-9(10(17)16-4-6-20-12(16)13-7)15-11(18)14-8-3-2-5-19-8/h2-6H,1H3,(H2,14,15,18). The van der Waals surface area contributed by atoms with Crippen LogP contribution in [0.25, 0.3) is 4.96 Å². The van der Waals surface area contributed by atoms with Crippen molar-refractivity contribution in [1.82, 2.24) is 9.38 Å². The van der Waals surface area contributed by atoms with Gasteiger partial charge in [-0.25, -0.2) is 9.78 Å². The minimum absolute atomic E-state index is 0.190. The van der Waals surface area contributed by atoms with Gasteiger partial charge in [-0.05, 0) is 24.4 Å². The average molecular weight is 306 g/mol. The molecule has 0 radical (unpaired) electrons. The van der Waals surface area contributed by atoms with Crippen molar-refractivity contribution in [1.29, 1.82) is 0 Å². The molecule has 0 bridgehead atoms. The lowest BCUT2D eigenvalue weighted by molar-refractivity contribution is 0.262. The van der Waals surface area contributed by atoms with Gasteiger partial charge in [0.2, 0.25) is 0 Å². The molecule has 3 aromatic heterocycles. The fourth-order valence-corrected chi connectivity index (χ4v) is 3.10. The third kappa shape index (κ3) is 2.30. The summed E-state index contributed by atoms with van der Waals surface area (Å²) in [5, 5.41) is 9.57. The summed E-state index contributed by atoms with van der Waals surface area (Å²) in [6, 6.07) is 3.16. The van der Waals surface area contributed by atoms with E-state index in [1.54, 1.807) is 24.6 Å². The number of anilines is 2. The molecule has 3 heterocycles. The van der Waals surface area contributed by atoms with Crippen LogP contribution >= 0.6 is 22.7 Å². The number of aryl methyl sites for hydroxylation is 1. The second-order valence-electron chi connectivity index (χ2n) is 3.99. The van der Waals surface area contributed by atoms with Gasteiger partial charge in [0.1, 0.15) is 5.69 Å². The summed E-state index contributed by atoms with van der Waals surface area (Å²) in [5.74, 6) is 0. The molecule has 0 spiro atoms. The highest BCUT2D eigenvalue weighted by atomic mass is 32.1. The summed E-state index contributed by atoms with van der Waals surface area (Å²) < 4.78 is 1.42. The average Bonchev–Trinajstić information content (AvgIpc) is 3.05. The fourth-order valence-electron chi connectivity index (χ4n) is 1.73. The summed E-state index contributed by atoms with van der Waals surface area (Å²) in [6.45, 7) is 1.70. The molecule has 3 aromatic rings. The molecule has 0 fully saturated rings. The Bertz CT molecular complexity index is 820. The summed E-state index contributed by atoms with van der Waals surface area (Å²) in [5.41, 5.74) is 0.406. The Labute approximate surface area is 121 Å². The Hall–Kier alpha value is -2.19. The molecule has 2 amide bonds. The van der Waals surface area contributed by atoms with E-state index in [-0.39, 0.29) is 11.2 Å². The van der Waals surface area contributed by atoms with E-state index in [1.807, 2.05) is 11.4 Å². The number of urea groups is 1. The maximum atomic E-state index is 12.2. The maximum Gasteiger partial charge on any atom is 0.324 e. The van der Waals surface area contributed by atoms with Gasteiger partial charge in [-0.3, -0.25) is 14.5 Å². The van der Waals surface area contributed by atoms with Crippen molar-refractivity contribution in [2.24, 2.45) is 0 Å². The smallest absolute Gasteiger partial charge is 0.301 e. The number of nitrogens with one attached hydrogen (secondary N) is 2. The summed E-state index contributed by atoms with van der Waals surface area (Å²) in [6.07, 6.45) is 1.64. The Balaban J connectivity index is 1.90. The summed E-state index contributed by atoms with van der Waals surface area (Å²) in [4.78, 5) is 29.0. The zero-order valence-corrected chi connectivity index (χ0v) is 12.0. The van der Waals surface area contributed by atoms with Gasteiger partial charge >= 0.3 is 6.03 Å². The first-order chi connectivity index (χ1) is 9.65. The molecule has 102 valence electrons. The van der Waals surface area contributed by atoms with Crippen molar-refractivity contribution in [3.8, 4) is 0 Å². The van der Waals surface area contributed by atoms with Gasteiger partial charge in [0, 0.05) is 11.6 Å². The normalized spacial score (nSPS) is 10.7. The van der Waals surface area contributed by atoms with Gasteiger partial charge in [-0.1, -0.05) is 0 Å². The quantitative estimate of drug-likeness (QED) is 0.764. The number of fused-ring (bicyclic) bond motifs is 1. The van der Waals surface area contributed by atoms with Crippen molar-refractivity contribution in [2.45, 2.75) is 6.92 Å². The molecule has 8 heteroatoms. The number of hydrogen-bond donors (Lipinski definition) is 2. The first kappa shape index (κ1) is 12.8. The Morgan fingerprint density at radius 3 is 2.90 bits per heavy atom. The molecule has 6 nitrogen and oxygen atoms in total. The van der Waals surface area contributed by atoms with E-state index in [2.05, 4.69) is 15.6 Å². The number of carbonyl (C=O) groups excluding carboxylic acids is 1. The minimum atomic E-state index is -0.454. The van der Waals surface area contributed by atoms with Gasteiger partial charge in [0.15, 0.2) is 4.96 Å². The van der Waals surface area contributed by atoms with Crippen molar-refractivity contribution in [3.63, 3.8) is 0 Å². The second-order valence-corrected chi connectivity index (χ2v) is 5.81. The topological polar surface area (TPSA) is 75.5 Å². The Morgan fingerprint density at radius 1 is 1.30 bits per heavy atom. The molecule has 0 unspecified atom stereocenters. The molecular formula is C12H10N4O2S2. The molecule has 0 aliphatic heterocycles. The lowest BCUT2D eigenvalue weighted by Gasteiger charge is -2.07. The van der Waals surface area contributed by atoms with Crippen LogP contribution in [0.1, 0.15) is 5.69 Å². The van der Waals surface area contributed by atoms with Gasteiger partial charge in [0.25, 0.3) is 5.56 Å². The minimum Gasteiger partial charge on any atom is -0.301 e. The number of rotatable bonds is 2. The van der Waals surface area contributed by atoms with Gasteiger partial charge < -0.3 is 5.32 Å². The first-order valence-corrected chi connectivity index (χ1v) is 7.49. The molecule has 0 saturated carbocycles. The summed E-state index contributed by atoms with van der Waals surface area (Å²) in [7, 11) is 0. The lowest BCUT2D eigenvalue weighted by Crippen LogP contribution is -2.27. The van der Waals surface area contributed by atoms with E-state index in [1.165, 1.54) is 27.1 Å². The SMILES string of the molecule is Cc1nc2sccn2c(=O)c1NC(=O)Nc1cccs1. The number of carbonyl (C=O) groups is 1. The number of thiazole rings is 1. The van der Waals surface area contributed by atoms with Crippen LogP contribution in [0.3, 0.4) is 0 Å². The number of nitrogens with zero attached hydrogens (tertiary/aromatic N) is 2. The highest BCUT2D eigenvalue weighted by molar-refractivity contribution is 7.15. The predicted octanol–water partition coefficient (Wildman–Crippen LogP) is 2.77. The van der Waals surface area contributed by atoms with E-state index in [4.69, 9.17) is 0 Å². The van der Waals surface area contributed by atoms with E-state index >= 15 is 0 Å². The highest BCUT2D eigenvalue weighted by Crippen LogP contribution is 2.16. The van der Waals surface area contributed by atoms with Crippen molar-refractivity contribution in [2.75, 3.05) is 10.6 Å². The second kappa shape index (κ2) is 5.06. The van der Waals surface area contributed by atoms with Crippen molar-refractivity contribution >= 4 is 44.4 Å². The highest BCUT2D eigenvalue weighted by Gasteiger charge is 2.13. The van der Waals surface area contributed by atoms with Crippen LogP contribution in [0.4, 0.5) is 15.5 Å². The third-order valence-electron chi connectivity index (χ3n) is 2.64. The van der Waals surface area contributed by atoms with Crippen LogP contribution in [-0.4, -0.2) is 15.4 Å². The van der Waals surface area contributed by atoms with Gasteiger partial charge in [-0.2, -0.15) is 0 Å². The van der Waals surface area contributed by atoms with E-state index in [0.717, 1.165) is 0 Å². The molecular weight excluding hydrogens is 296 g/mol. The zero-order chi connectivity index (χ0) is 14.1. The molecule has 0 aliphatic rings. The zero-order valence-electron chi connectivity index (χ0n) is 10.4. The molecule has 3 rings (SSSR count). The lowest BCUT2D eigenvalue weighted by atomic mass is 10.3. The molecule has 0 aliphatic carbocycles. The van der Waals surface area contributed by atoms with Crippen LogP contribution in [-0.2, 0) is 0 Å². The Morgan fingerprint density at radius 2 is 2.15 bits per heavy atom. The number of aromatic nitrogens is 2. The molecule has 0 atom stereocenters. The first-order valence-electron chi connectivity index (χ1n) is 5.73. The monoisotopic (exact) mass is 306 g/mol. The van der Waals surface area contributed by atoms with Gasteiger partial charge in [-0.15, -0.1) is 22.7 Å². The number of hydrogen-bond acceptors (Lipinski definition) is 5. The fraction of sp³-hybridized carbons (Fsp3) is 0.0833. The van der Waals surface area contributed by atoms with Crippen molar-refractivity contribution < 1.29 is 4.79 Å². The van der Waals surface area contributed by atoms with Crippen LogP contribution in [0.5, 0.6) is 0 Å². The summed E-state index contributed by atoms with van der Waals surface area (Å²) >= 11 is 2.78. The molecule has 2 N–H and O–H groups in total. The third-order valence-corrected chi connectivity index (χ3v) is 4.19. The van der Waals surface area contributed by atoms with Crippen LogP contribution in [0, 0.1) is 6.92 Å². The van der Waals surface area contributed by atoms with E-state index < -0.39 is 6.03 Å². The van der Waals surface area contributed by atoms with Crippen molar-refractivity contribution in [3.05, 3.63) is 45.1 Å². The predicted molar refractivity (Wildman–Crippen MR) is 81.0 cm³/mol. The van der Waals surface area contributed by atoms with E-state index in [0.29, 0.717) is 15.7 Å². The Kier molecular flexibility index (Phi) is 3.25. The van der Waals surface area contributed by atoms with Crippen LogP contribution in [0.15, 0.2) is 33.9 Å². The maximum absolute atomic E-state index is 12.2. The van der Waals surface area contributed by atoms with Crippen LogP contribution in [0.2, 0.25) is 0 Å². The van der Waals surface area contributed by atoms with Crippen LogP contribution < -0.4 is 16.2 Å². The molecule has 20 heavy (non-hydrogen) atoms. The molecule has 0 saturated heterocycles. The van der Waals surface area contributed by atoms with Gasteiger partial charge in [0.05, 0.1) is 10.7 Å².